The summed E-state index contributed by atoms with van der Waals surface area (Å²) in [5, 5.41) is 3.37. The Kier molecular flexibility index (Phi) is 4.34. The van der Waals surface area contributed by atoms with Gasteiger partial charge in [0, 0.05) is 22.5 Å². The van der Waals surface area contributed by atoms with E-state index in [4.69, 9.17) is 0 Å². The molecule has 0 saturated carbocycles. The van der Waals surface area contributed by atoms with Gasteiger partial charge in [0.1, 0.15) is 5.82 Å². The zero-order valence-corrected chi connectivity index (χ0v) is 14.1. The van der Waals surface area contributed by atoms with Gasteiger partial charge in [0.15, 0.2) is 0 Å². The molecular weight excluding hydrogens is 294 g/mol. The minimum absolute atomic E-state index is 0.759. The summed E-state index contributed by atoms with van der Waals surface area (Å²) in [6, 6.07) is 16.1. The number of H-pyrrole nitrogens is 1. The maximum atomic E-state index is 4.61. The molecule has 2 N–H and O–H groups in total. The lowest BCUT2D eigenvalue weighted by atomic mass is 10.1. The van der Waals surface area contributed by atoms with Gasteiger partial charge in [-0.15, -0.1) is 0 Å². The number of rotatable bonds is 5. The van der Waals surface area contributed by atoms with Crippen LogP contribution >= 0.6 is 0 Å². The Morgan fingerprint density at radius 2 is 1.79 bits per heavy atom. The van der Waals surface area contributed by atoms with Crippen LogP contribution in [0, 0.1) is 6.92 Å². The number of hydrogen-bond donors (Lipinski definition) is 2. The van der Waals surface area contributed by atoms with Crippen LogP contribution in [-0.4, -0.2) is 9.97 Å². The number of aryl methyl sites for hydroxylation is 1. The van der Waals surface area contributed by atoms with E-state index >= 15 is 0 Å². The molecule has 3 aromatic rings. The van der Waals surface area contributed by atoms with Crippen LogP contribution in [0.3, 0.4) is 0 Å². The molecule has 0 unspecified atom stereocenters. The van der Waals surface area contributed by atoms with Crippen molar-refractivity contribution in [2.75, 3.05) is 0 Å². The van der Waals surface area contributed by atoms with Gasteiger partial charge in [-0.1, -0.05) is 55.6 Å². The Labute approximate surface area is 142 Å². The van der Waals surface area contributed by atoms with Crippen molar-refractivity contribution in [2.45, 2.75) is 13.8 Å². The average Bonchev–Trinajstić information content (AvgIpc) is 3.03. The summed E-state index contributed by atoms with van der Waals surface area (Å²) in [7, 11) is 0. The van der Waals surface area contributed by atoms with Crippen LogP contribution in [0.4, 0.5) is 0 Å². The Hall–Kier alpha value is -3.07. The minimum atomic E-state index is 0.759. The fraction of sp³-hybridized carbons (Fsp3) is 0.0952. The molecule has 3 heteroatoms. The smallest absolute Gasteiger partial charge is 0.139 e. The van der Waals surface area contributed by atoms with Crippen LogP contribution in [-0.2, 0) is 0 Å². The summed E-state index contributed by atoms with van der Waals surface area (Å²) >= 11 is 0. The third kappa shape index (κ3) is 3.01. The molecule has 0 spiro atoms. The maximum absolute atomic E-state index is 4.61. The highest BCUT2D eigenvalue weighted by Crippen LogP contribution is 2.23. The van der Waals surface area contributed by atoms with Gasteiger partial charge in [0.2, 0.25) is 0 Å². The summed E-state index contributed by atoms with van der Waals surface area (Å²) in [5.74, 6) is 0.759. The first-order valence-electron chi connectivity index (χ1n) is 7.93. The second-order valence-electron chi connectivity index (χ2n) is 5.70. The van der Waals surface area contributed by atoms with Gasteiger partial charge in [0.25, 0.3) is 0 Å². The molecule has 120 valence electrons. The van der Waals surface area contributed by atoms with E-state index in [1.165, 1.54) is 5.56 Å². The van der Waals surface area contributed by atoms with Crippen LogP contribution in [0.5, 0.6) is 0 Å². The summed E-state index contributed by atoms with van der Waals surface area (Å²) < 4.78 is 0. The van der Waals surface area contributed by atoms with Crippen molar-refractivity contribution in [1.29, 1.82) is 0 Å². The van der Waals surface area contributed by atoms with Crippen molar-refractivity contribution in [3.63, 3.8) is 0 Å². The van der Waals surface area contributed by atoms with Gasteiger partial charge in [0.05, 0.1) is 11.0 Å². The topological polar surface area (TPSA) is 40.7 Å². The average molecular weight is 315 g/mol. The van der Waals surface area contributed by atoms with E-state index in [9.17, 15) is 0 Å². The van der Waals surface area contributed by atoms with E-state index < -0.39 is 0 Å². The van der Waals surface area contributed by atoms with Crippen LogP contribution < -0.4 is 5.32 Å². The first kappa shape index (κ1) is 15.8. The van der Waals surface area contributed by atoms with Crippen LogP contribution in [0.2, 0.25) is 0 Å². The Bertz CT molecular complexity index is 911. The first-order valence-corrected chi connectivity index (χ1v) is 7.93. The monoisotopic (exact) mass is 315 g/mol. The molecule has 3 rings (SSSR count). The minimum Gasteiger partial charge on any atom is -0.355 e. The lowest BCUT2D eigenvalue weighted by molar-refractivity contribution is 1.11. The highest BCUT2D eigenvalue weighted by molar-refractivity contribution is 5.83. The van der Waals surface area contributed by atoms with Gasteiger partial charge in [-0.3, -0.25) is 0 Å². The number of hydrogen-bond acceptors (Lipinski definition) is 2. The fourth-order valence-electron chi connectivity index (χ4n) is 2.69. The van der Waals surface area contributed by atoms with Crippen molar-refractivity contribution < 1.29 is 0 Å². The van der Waals surface area contributed by atoms with E-state index in [0.717, 1.165) is 39.4 Å². The van der Waals surface area contributed by atoms with E-state index in [0.29, 0.717) is 0 Å². The molecule has 2 aromatic carbocycles. The summed E-state index contributed by atoms with van der Waals surface area (Å²) in [6.07, 6.45) is 1.99. The molecular formula is C21H21N3. The highest BCUT2D eigenvalue weighted by atomic mass is 15.0. The number of allylic oxidation sites excluding steroid dienone is 2. The number of aromatic nitrogens is 2. The quantitative estimate of drug-likeness (QED) is 0.647. The number of nitrogens with one attached hydrogen (secondary N) is 2. The summed E-state index contributed by atoms with van der Waals surface area (Å²) in [6.45, 7) is 12.4. The number of aromatic amines is 1. The first-order chi connectivity index (χ1) is 11.6. The SMILES string of the molecule is C=C(/C(=C\C)NC(=C)c1ccccc1C)c1nc2ccccc2[nH]1. The van der Waals surface area contributed by atoms with Crippen molar-refractivity contribution >= 4 is 22.3 Å². The number of imidazole rings is 1. The zero-order chi connectivity index (χ0) is 17.1. The molecule has 0 aliphatic rings. The Balaban J connectivity index is 1.85. The predicted octanol–water partition coefficient (Wildman–Crippen LogP) is 5.05. The molecule has 0 fully saturated rings. The van der Waals surface area contributed by atoms with Crippen LogP contribution in [0.15, 0.2) is 73.5 Å². The van der Waals surface area contributed by atoms with Crippen LogP contribution in [0.1, 0.15) is 23.9 Å². The lowest BCUT2D eigenvalue weighted by Gasteiger charge is -2.16. The number of para-hydroxylation sites is 2. The molecule has 0 atom stereocenters. The van der Waals surface area contributed by atoms with Gasteiger partial charge in [-0.05, 0) is 31.5 Å². The molecule has 0 saturated heterocycles. The largest absolute Gasteiger partial charge is 0.355 e. The maximum Gasteiger partial charge on any atom is 0.139 e. The number of fused-ring (bicyclic) bond motifs is 1. The fourth-order valence-corrected chi connectivity index (χ4v) is 2.69. The standard InChI is InChI=1S/C21H21N3/c1-5-18(22-16(4)17-11-7-6-10-14(17)2)15(3)21-23-19-12-8-9-13-20(19)24-21/h5-13,22H,3-4H2,1-2H3,(H,23,24)/b18-5+. The third-order valence-electron chi connectivity index (χ3n) is 4.04. The lowest BCUT2D eigenvalue weighted by Crippen LogP contribution is -2.13. The molecule has 0 aliphatic carbocycles. The van der Waals surface area contributed by atoms with Crippen molar-refractivity contribution in [3.05, 3.63) is 90.4 Å². The van der Waals surface area contributed by atoms with Gasteiger partial charge in [-0.2, -0.15) is 0 Å². The molecule has 0 bridgehead atoms. The van der Waals surface area contributed by atoms with Crippen molar-refractivity contribution in [2.24, 2.45) is 0 Å². The molecule has 1 aromatic heterocycles. The molecule has 0 aliphatic heterocycles. The third-order valence-corrected chi connectivity index (χ3v) is 4.04. The highest BCUT2D eigenvalue weighted by Gasteiger charge is 2.12. The number of nitrogens with zero attached hydrogens (tertiary/aromatic N) is 1. The Morgan fingerprint density at radius 1 is 1.08 bits per heavy atom. The van der Waals surface area contributed by atoms with Gasteiger partial charge >= 0.3 is 0 Å². The summed E-state index contributed by atoms with van der Waals surface area (Å²) in [4.78, 5) is 7.93. The van der Waals surface area contributed by atoms with E-state index in [1.807, 2.05) is 49.4 Å². The van der Waals surface area contributed by atoms with Gasteiger partial charge in [-0.25, -0.2) is 4.98 Å². The summed E-state index contributed by atoms with van der Waals surface area (Å²) in [5.41, 5.74) is 6.75. The second-order valence-corrected chi connectivity index (χ2v) is 5.70. The molecule has 0 amide bonds. The molecule has 3 nitrogen and oxygen atoms in total. The Morgan fingerprint density at radius 3 is 2.50 bits per heavy atom. The van der Waals surface area contributed by atoms with E-state index in [1.54, 1.807) is 0 Å². The van der Waals surface area contributed by atoms with Gasteiger partial charge < -0.3 is 10.3 Å². The van der Waals surface area contributed by atoms with Crippen molar-refractivity contribution in [1.82, 2.24) is 15.3 Å². The van der Waals surface area contributed by atoms with Crippen LogP contribution in [0.25, 0.3) is 22.3 Å². The molecule has 24 heavy (non-hydrogen) atoms. The predicted molar refractivity (Wildman–Crippen MR) is 102 cm³/mol. The molecule has 1 heterocycles. The van der Waals surface area contributed by atoms with E-state index in [2.05, 4.69) is 47.5 Å². The second kappa shape index (κ2) is 6.59. The van der Waals surface area contributed by atoms with E-state index in [-0.39, 0.29) is 0 Å². The normalized spacial score (nSPS) is 11.5. The zero-order valence-electron chi connectivity index (χ0n) is 14.1. The number of benzene rings is 2. The molecule has 0 radical (unpaired) electrons. The van der Waals surface area contributed by atoms with Crippen molar-refractivity contribution in [3.8, 4) is 0 Å².